The van der Waals surface area contributed by atoms with Gasteiger partial charge in [-0.2, -0.15) is 0 Å². The normalized spacial score (nSPS) is 27.8. The molecule has 2 aliphatic heterocycles. The molecular weight excluding hydrogens is 220 g/mol. The number of hydrogen-bond donors (Lipinski definition) is 1. The smallest absolute Gasteiger partial charge is 0.0642 e. The van der Waals surface area contributed by atoms with Crippen LogP contribution in [0.5, 0.6) is 0 Å². The second-order valence-electron chi connectivity index (χ2n) is 4.85. The number of fused-ring (bicyclic) bond motifs is 3. The van der Waals surface area contributed by atoms with Crippen molar-refractivity contribution < 1.29 is 0 Å². The monoisotopic (exact) mass is 236 g/mol. The molecule has 3 heteroatoms. The fourth-order valence-electron chi connectivity index (χ4n) is 3.24. The van der Waals surface area contributed by atoms with E-state index >= 15 is 0 Å². The molecule has 0 spiro atoms. The van der Waals surface area contributed by atoms with E-state index < -0.39 is 0 Å². The van der Waals surface area contributed by atoms with Crippen molar-refractivity contribution in [2.75, 3.05) is 18.0 Å². The number of hydrogen-bond acceptors (Lipinski definition) is 2. The number of para-hydroxylation sites is 1. The predicted molar refractivity (Wildman–Crippen MR) is 68.1 cm³/mol. The van der Waals surface area contributed by atoms with Crippen molar-refractivity contribution in [2.45, 2.75) is 25.3 Å². The third-order valence-electron chi connectivity index (χ3n) is 4.01. The first kappa shape index (κ1) is 10.4. The van der Waals surface area contributed by atoms with Gasteiger partial charge in [0.2, 0.25) is 0 Å². The molecule has 0 amide bonds. The lowest BCUT2D eigenvalue weighted by molar-refractivity contribution is 0.339. The lowest BCUT2D eigenvalue weighted by Gasteiger charge is -2.38. The molecule has 1 aromatic rings. The number of benzene rings is 1. The van der Waals surface area contributed by atoms with Crippen molar-refractivity contribution in [3.8, 4) is 0 Å². The minimum atomic E-state index is 0.591. The van der Waals surface area contributed by atoms with Crippen molar-refractivity contribution in [2.24, 2.45) is 11.7 Å². The Kier molecular flexibility index (Phi) is 2.56. The van der Waals surface area contributed by atoms with Crippen LogP contribution in [0.2, 0.25) is 5.02 Å². The Bertz CT molecular complexity index is 405. The van der Waals surface area contributed by atoms with Gasteiger partial charge in [0.15, 0.2) is 0 Å². The molecule has 0 radical (unpaired) electrons. The Morgan fingerprint density at radius 3 is 3.12 bits per heavy atom. The number of halogens is 1. The first-order chi connectivity index (χ1) is 7.81. The molecule has 2 aliphatic rings. The van der Waals surface area contributed by atoms with Gasteiger partial charge in [0.05, 0.1) is 10.7 Å². The minimum Gasteiger partial charge on any atom is -0.366 e. The number of nitrogens with two attached hydrogens (primary N) is 1. The molecule has 1 saturated heterocycles. The lowest BCUT2D eigenvalue weighted by Crippen LogP contribution is -2.45. The second-order valence-corrected chi connectivity index (χ2v) is 5.26. The highest BCUT2D eigenvalue weighted by Gasteiger charge is 2.37. The van der Waals surface area contributed by atoms with Crippen molar-refractivity contribution in [3.05, 3.63) is 28.8 Å². The molecule has 1 aromatic carbocycles. The number of rotatable bonds is 1. The second kappa shape index (κ2) is 3.94. The van der Waals surface area contributed by atoms with Crippen LogP contribution in [0, 0.1) is 5.92 Å². The van der Waals surface area contributed by atoms with Crippen LogP contribution in [-0.4, -0.2) is 19.1 Å². The van der Waals surface area contributed by atoms with Crippen molar-refractivity contribution >= 4 is 17.3 Å². The van der Waals surface area contributed by atoms with E-state index in [4.69, 9.17) is 17.3 Å². The van der Waals surface area contributed by atoms with E-state index in [-0.39, 0.29) is 0 Å². The molecule has 0 aliphatic carbocycles. The topological polar surface area (TPSA) is 29.3 Å². The highest BCUT2D eigenvalue weighted by Crippen LogP contribution is 2.42. The molecule has 2 heterocycles. The molecule has 0 aromatic heterocycles. The Hall–Kier alpha value is -0.730. The van der Waals surface area contributed by atoms with Crippen molar-refractivity contribution in [1.82, 2.24) is 0 Å². The highest BCUT2D eigenvalue weighted by atomic mass is 35.5. The maximum atomic E-state index is 6.31. The fraction of sp³-hybridized carbons (Fsp3) is 0.538. The average molecular weight is 237 g/mol. The number of nitrogens with zero attached hydrogens (tertiary/aromatic N) is 1. The average Bonchev–Trinajstić information content (AvgIpc) is 2.68. The van der Waals surface area contributed by atoms with Crippen LogP contribution in [0.1, 0.15) is 18.4 Å². The van der Waals surface area contributed by atoms with E-state index in [9.17, 15) is 0 Å². The van der Waals surface area contributed by atoms with Crippen molar-refractivity contribution in [1.29, 1.82) is 0 Å². The van der Waals surface area contributed by atoms with Gasteiger partial charge in [-0.3, -0.25) is 0 Å². The minimum absolute atomic E-state index is 0.591. The van der Waals surface area contributed by atoms with E-state index in [0.29, 0.717) is 12.0 Å². The molecule has 1 fully saturated rings. The van der Waals surface area contributed by atoms with Gasteiger partial charge in [-0.05, 0) is 43.4 Å². The fourth-order valence-corrected chi connectivity index (χ4v) is 3.54. The highest BCUT2D eigenvalue weighted by molar-refractivity contribution is 6.33. The van der Waals surface area contributed by atoms with E-state index in [1.807, 2.05) is 6.07 Å². The summed E-state index contributed by atoms with van der Waals surface area (Å²) >= 11 is 6.31. The van der Waals surface area contributed by atoms with Crippen molar-refractivity contribution in [3.63, 3.8) is 0 Å². The quantitative estimate of drug-likeness (QED) is 0.812. The Morgan fingerprint density at radius 1 is 1.44 bits per heavy atom. The van der Waals surface area contributed by atoms with Gasteiger partial charge in [0.1, 0.15) is 0 Å². The van der Waals surface area contributed by atoms with Crippen LogP contribution < -0.4 is 10.6 Å². The molecule has 0 bridgehead atoms. The number of piperidine rings is 1. The molecule has 86 valence electrons. The summed E-state index contributed by atoms with van der Waals surface area (Å²) in [5.41, 5.74) is 8.54. The SMILES string of the molecule is NCC1CCCN2c3c(Cl)cccc3CC12. The summed E-state index contributed by atoms with van der Waals surface area (Å²) in [4.78, 5) is 2.48. The molecule has 2 nitrogen and oxygen atoms in total. The summed E-state index contributed by atoms with van der Waals surface area (Å²) in [6, 6.07) is 6.84. The first-order valence-electron chi connectivity index (χ1n) is 6.05. The standard InChI is InChI=1S/C13H17ClN2/c14-11-5-1-3-9-7-12-10(8-15)4-2-6-16(12)13(9)11/h1,3,5,10,12H,2,4,6-8,15H2. The van der Waals surface area contributed by atoms with E-state index in [1.54, 1.807) is 0 Å². The van der Waals surface area contributed by atoms with Gasteiger partial charge in [-0.15, -0.1) is 0 Å². The Balaban J connectivity index is 2.00. The van der Waals surface area contributed by atoms with Gasteiger partial charge >= 0.3 is 0 Å². The third kappa shape index (κ3) is 1.44. The first-order valence-corrected chi connectivity index (χ1v) is 6.43. The van der Waals surface area contributed by atoms with Gasteiger partial charge in [-0.25, -0.2) is 0 Å². The van der Waals surface area contributed by atoms with E-state index in [2.05, 4.69) is 17.0 Å². The molecule has 0 saturated carbocycles. The maximum Gasteiger partial charge on any atom is 0.0642 e. The Labute approximate surface area is 101 Å². The van der Waals surface area contributed by atoms with Crippen LogP contribution in [0.4, 0.5) is 5.69 Å². The van der Waals surface area contributed by atoms with Gasteiger partial charge < -0.3 is 10.6 Å². The van der Waals surface area contributed by atoms with E-state index in [1.165, 1.54) is 24.1 Å². The Morgan fingerprint density at radius 2 is 2.31 bits per heavy atom. The summed E-state index contributed by atoms with van der Waals surface area (Å²) in [5.74, 6) is 0.636. The van der Waals surface area contributed by atoms with E-state index in [0.717, 1.165) is 24.5 Å². The summed E-state index contributed by atoms with van der Waals surface area (Å²) in [6.45, 7) is 1.94. The third-order valence-corrected chi connectivity index (χ3v) is 4.31. The van der Waals surface area contributed by atoms with Gasteiger partial charge in [0, 0.05) is 12.6 Å². The van der Waals surface area contributed by atoms with Crippen LogP contribution in [0.3, 0.4) is 0 Å². The zero-order valence-corrected chi connectivity index (χ0v) is 10.1. The molecule has 2 N–H and O–H groups in total. The summed E-state index contributed by atoms with van der Waals surface area (Å²) in [5, 5.41) is 0.901. The van der Waals surface area contributed by atoms with Gasteiger partial charge in [-0.1, -0.05) is 23.7 Å². The van der Waals surface area contributed by atoms with Crippen LogP contribution in [0.25, 0.3) is 0 Å². The largest absolute Gasteiger partial charge is 0.366 e. The summed E-state index contributed by atoms with van der Waals surface area (Å²) < 4.78 is 0. The molecule has 2 unspecified atom stereocenters. The number of anilines is 1. The van der Waals surface area contributed by atoms with Crippen LogP contribution in [0.15, 0.2) is 18.2 Å². The zero-order chi connectivity index (χ0) is 11.1. The van der Waals surface area contributed by atoms with Gasteiger partial charge in [0.25, 0.3) is 0 Å². The maximum absolute atomic E-state index is 6.31. The zero-order valence-electron chi connectivity index (χ0n) is 9.32. The van der Waals surface area contributed by atoms with Crippen LogP contribution in [-0.2, 0) is 6.42 Å². The molecule has 16 heavy (non-hydrogen) atoms. The summed E-state index contributed by atoms with van der Waals surface area (Å²) in [7, 11) is 0. The van der Waals surface area contributed by atoms with Crippen LogP contribution >= 0.6 is 11.6 Å². The molecule has 3 rings (SSSR count). The molecular formula is C13H17ClN2. The summed E-state index contributed by atoms with van der Waals surface area (Å²) in [6.07, 6.45) is 3.63. The predicted octanol–water partition coefficient (Wildman–Crippen LogP) is 2.44. The lowest BCUT2D eigenvalue weighted by atomic mass is 9.89. The molecule has 2 atom stereocenters.